The fourth-order valence-electron chi connectivity index (χ4n) is 0.512. The normalized spacial score (nSPS) is 12.5. The molecule has 0 bridgehead atoms. The molecule has 0 N–H and O–H groups in total. The van der Waals surface area contributed by atoms with Gasteiger partial charge in [0.15, 0.2) is 0 Å². The zero-order valence-corrected chi connectivity index (χ0v) is 9.24. The van der Waals surface area contributed by atoms with Gasteiger partial charge in [0.1, 0.15) is 0 Å². The second kappa shape index (κ2) is 5.24. The molecule has 0 unspecified atom stereocenters. The largest absolute Gasteiger partial charge is 0.446 e. The minimum atomic E-state index is -4.72. The Bertz CT molecular complexity index is 213. The molecule has 0 aliphatic rings. The van der Waals surface area contributed by atoms with Gasteiger partial charge in [0, 0.05) is 20.3 Å². The number of thioether (sulfide) groups is 2. The van der Waals surface area contributed by atoms with Crippen LogP contribution in [0.4, 0.5) is 26.3 Å². The van der Waals surface area contributed by atoms with E-state index < -0.39 is 38.8 Å². The highest BCUT2D eigenvalue weighted by molar-refractivity contribution is 8.23. The predicted octanol–water partition coefficient (Wildman–Crippen LogP) is 3.85. The highest BCUT2D eigenvalue weighted by Gasteiger charge is 2.37. The van der Waals surface area contributed by atoms with Crippen molar-refractivity contribution >= 4 is 23.5 Å². The molecule has 0 saturated heterocycles. The van der Waals surface area contributed by atoms with Gasteiger partial charge < -0.3 is 4.90 Å². The number of hydrogen-bond acceptors (Lipinski definition) is 3. The summed E-state index contributed by atoms with van der Waals surface area (Å²) in [6.45, 7) is 0. The summed E-state index contributed by atoms with van der Waals surface area (Å²) in [5, 5.41) is 0. The summed E-state index contributed by atoms with van der Waals surface area (Å²) in [4.78, 5) is 1.12. The molecule has 0 aliphatic carbocycles. The third kappa shape index (κ3) is 10.1. The summed E-state index contributed by atoms with van der Waals surface area (Å²) in [5.41, 5.74) is -9.44. The lowest BCUT2D eigenvalue weighted by atomic mass is 10.8. The fourth-order valence-corrected chi connectivity index (χ4v) is 2.23. The molecule has 0 fully saturated rings. The first kappa shape index (κ1) is 14.8. The van der Waals surface area contributed by atoms with E-state index in [1.807, 2.05) is 0 Å². The first-order chi connectivity index (χ1) is 6.49. The van der Waals surface area contributed by atoms with Gasteiger partial charge in [0.05, 0.1) is 4.24 Å². The van der Waals surface area contributed by atoms with Gasteiger partial charge in [0.25, 0.3) is 0 Å². The van der Waals surface area contributed by atoms with E-state index in [4.69, 9.17) is 0 Å². The molecule has 0 amide bonds. The van der Waals surface area contributed by atoms with Gasteiger partial charge in [-0.25, -0.2) is 0 Å². The highest BCUT2D eigenvalue weighted by atomic mass is 32.2. The van der Waals surface area contributed by atoms with Crippen molar-refractivity contribution in [3.63, 3.8) is 0 Å². The standard InChI is InChI=1S/C6H7F6NS2/c1-13(2)3-4(14-5(7,8)9)15-6(10,11)12/h3H,1-2H3. The second-order valence-electron chi connectivity index (χ2n) is 2.51. The lowest BCUT2D eigenvalue weighted by molar-refractivity contribution is -0.0328. The second-order valence-corrected chi connectivity index (χ2v) is 4.98. The summed E-state index contributed by atoms with van der Waals surface area (Å²) >= 11 is -1.56. The van der Waals surface area contributed by atoms with E-state index in [1.54, 1.807) is 0 Å². The fraction of sp³-hybridized carbons (Fsp3) is 0.667. The molecule has 0 aromatic carbocycles. The van der Waals surface area contributed by atoms with E-state index in [1.165, 1.54) is 14.1 Å². The maximum atomic E-state index is 11.9. The summed E-state index contributed by atoms with van der Waals surface area (Å²) in [7, 11) is 2.68. The van der Waals surface area contributed by atoms with Crippen molar-refractivity contribution in [2.75, 3.05) is 14.1 Å². The number of hydrogen-bond donors (Lipinski definition) is 0. The maximum Gasteiger partial charge on any atom is 0.446 e. The quantitative estimate of drug-likeness (QED) is 0.718. The molecule has 1 nitrogen and oxygen atoms in total. The Morgan fingerprint density at radius 1 is 0.933 bits per heavy atom. The van der Waals surface area contributed by atoms with E-state index in [-0.39, 0.29) is 0 Å². The maximum absolute atomic E-state index is 11.9. The molecule has 0 radical (unpaired) electrons. The van der Waals surface area contributed by atoms with Crippen LogP contribution < -0.4 is 0 Å². The van der Waals surface area contributed by atoms with Crippen molar-refractivity contribution in [3.05, 3.63) is 10.4 Å². The van der Waals surface area contributed by atoms with Crippen LogP contribution in [0.25, 0.3) is 0 Å². The molecule has 0 aliphatic heterocycles. The van der Waals surface area contributed by atoms with Gasteiger partial charge >= 0.3 is 11.0 Å². The zero-order chi connectivity index (χ0) is 12.3. The minimum absolute atomic E-state index is 0.774. The topological polar surface area (TPSA) is 3.24 Å². The van der Waals surface area contributed by atoms with Crippen LogP contribution in [-0.4, -0.2) is 30.0 Å². The van der Waals surface area contributed by atoms with Crippen LogP contribution in [0.1, 0.15) is 0 Å². The Hall–Kier alpha value is -0.180. The Morgan fingerprint density at radius 2 is 1.27 bits per heavy atom. The molecule has 15 heavy (non-hydrogen) atoms. The first-order valence-corrected chi connectivity index (χ1v) is 5.02. The Balaban J connectivity index is 4.62. The molecule has 0 rings (SSSR count). The Morgan fingerprint density at radius 3 is 1.47 bits per heavy atom. The highest BCUT2D eigenvalue weighted by Crippen LogP contribution is 2.47. The molecular weight excluding hydrogens is 264 g/mol. The van der Waals surface area contributed by atoms with E-state index in [0.717, 1.165) is 11.1 Å². The van der Waals surface area contributed by atoms with Crippen LogP contribution in [0.15, 0.2) is 10.4 Å². The molecule has 0 aromatic rings. The van der Waals surface area contributed by atoms with Crippen LogP contribution in [0.2, 0.25) is 0 Å². The van der Waals surface area contributed by atoms with Crippen molar-refractivity contribution in [1.82, 2.24) is 4.90 Å². The van der Waals surface area contributed by atoms with Crippen LogP contribution in [0.3, 0.4) is 0 Å². The van der Waals surface area contributed by atoms with Crippen molar-refractivity contribution < 1.29 is 26.3 Å². The number of halogens is 6. The van der Waals surface area contributed by atoms with Crippen LogP contribution >= 0.6 is 23.5 Å². The van der Waals surface area contributed by atoms with E-state index in [9.17, 15) is 26.3 Å². The van der Waals surface area contributed by atoms with Crippen molar-refractivity contribution in [2.24, 2.45) is 0 Å². The van der Waals surface area contributed by atoms with Crippen LogP contribution in [0, 0.1) is 0 Å². The summed E-state index contributed by atoms with van der Waals surface area (Å²) in [6, 6.07) is 0. The van der Waals surface area contributed by atoms with Gasteiger partial charge in [-0.2, -0.15) is 26.3 Å². The van der Waals surface area contributed by atoms with Gasteiger partial charge in [-0.05, 0) is 23.5 Å². The molecule has 0 spiro atoms. The monoisotopic (exact) mass is 271 g/mol. The van der Waals surface area contributed by atoms with Gasteiger partial charge in [0.2, 0.25) is 0 Å². The molecule has 0 atom stereocenters. The van der Waals surface area contributed by atoms with Crippen LogP contribution in [0.5, 0.6) is 0 Å². The van der Waals surface area contributed by atoms with E-state index >= 15 is 0 Å². The third-order valence-electron chi connectivity index (χ3n) is 0.796. The molecule has 9 heteroatoms. The SMILES string of the molecule is CN(C)C=C(SC(F)(F)F)SC(F)(F)F. The molecule has 0 saturated carbocycles. The Labute approximate surface area is 90.9 Å². The third-order valence-corrected chi connectivity index (χ3v) is 2.37. The minimum Gasteiger partial charge on any atom is -0.382 e. The lowest BCUT2D eigenvalue weighted by Crippen LogP contribution is -2.08. The van der Waals surface area contributed by atoms with Gasteiger partial charge in [-0.1, -0.05) is 0 Å². The molecule has 0 heterocycles. The lowest BCUT2D eigenvalue weighted by Gasteiger charge is -2.13. The smallest absolute Gasteiger partial charge is 0.382 e. The molecular formula is C6H7F6NS2. The first-order valence-electron chi connectivity index (χ1n) is 3.39. The molecule has 0 aromatic heterocycles. The number of nitrogens with zero attached hydrogens (tertiary/aromatic N) is 1. The predicted molar refractivity (Wildman–Crippen MR) is 49.1 cm³/mol. The number of rotatable bonds is 3. The average Bonchev–Trinajstić information content (AvgIpc) is 1.73. The van der Waals surface area contributed by atoms with E-state index in [0.29, 0.717) is 0 Å². The van der Waals surface area contributed by atoms with Crippen molar-refractivity contribution in [1.29, 1.82) is 0 Å². The Kier molecular flexibility index (Phi) is 5.18. The number of alkyl halides is 6. The van der Waals surface area contributed by atoms with Gasteiger partial charge in [-0.3, -0.25) is 0 Å². The van der Waals surface area contributed by atoms with E-state index in [2.05, 4.69) is 0 Å². The zero-order valence-electron chi connectivity index (χ0n) is 7.61. The summed E-state index contributed by atoms with van der Waals surface area (Å²) < 4.78 is 70.3. The summed E-state index contributed by atoms with van der Waals surface area (Å²) in [6.07, 6.45) is 0.774. The van der Waals surface area contributed by atoms with Crippen LogP contribution in [-0.2, 0) is 0 Å². The average molecular weight is 271 g/mol. The van der Waals surface area contributed by atoms with Gasteiger partial charge in [-0.15, -0.1) is 0 Å². The summed E-state index contributed by atoms with van der Waals surface area (Å²) in [5.74, 6) is 0. The molecule has 90 valence electrons. The van der Waals surface area contributed by atoms with Crippen molar-refractivity contribution in [3.8, 4) is 0 Å². The van der Waals surface area contributed by atoms with Crippen molar-refractivity contribution in [2.45, 2.75) is 11.0 Å².